The SMILES string of the molecule is COC(=O)c1ccc(NC(=O)/C(C#N)=C/c2ccccc2Cc2ccccc2Br)cc1. The topological polar surface area (TPSA) is 79.2 Å². The second-order valence-corrected chi connectivity index (χ2v) is 7.51. The number of halogens is 1. The Kier molecular flexibility index (Phi) is 7.36. The Balaban J connectivity index is 1.82. The van der Waals surface area contributed by atoms with Crippen molar-refractivity contribution in [2.75, 3.05) is 12.4 Å². The van der Waals surface area contributed by atoms with Crippen LogP contribution in [-0.2, 0) is 16.0 Å². The molecular weight excluding hydrogens is 456 g/mol. The minimum absolute atomic E-state index is 0.0170. The Hall–Kier alpha value is -3.69. The molecule has 0 heterocycles. The van der Waals surface area contributed by atoms with Crippen molar-refractivity contribution in [3.05, 3.63) is 105 Å². The number of rotatable bonds is 6. The standard InChI is InChI=1S/C25H19BrN2O3/c1-31-25(30)17-10-12-22(13-11-17)28-24(29)21(16-27)15-19-7-3-2-6-18(19)14-20-8-4-5-9-23(20)26/h2-13,15H,14H2,1H3,(H,28,29)/b21-15+. The monoisotopic (exact) mass is 474 g/mol. The maximum Gasteiger partial charge on any atom is 0.337 e. The number of carbonyl (C=O) groups is 2. The highest BCUT2D eigenvalue weighted by Gasteiger charge is 2.12. The third-order valence-electron chi connectivity index (χ3n) is 4.62. The van der Waals surface area contributed by atoms with Gasteiger partial charge in [0.25, 0.3) is 5.91 Å². The molecule has 3 aromatic carbocycles. The molecule has 0 aliphatic heterocycles. The first kappa shape index (κ1) is 22.0. The van der Waals surface area contributed by atoms with Gasteiger partial charge < -0.3 is 10.1 Å². The summed E-state index contributed by atoms with van der Waals surface area (Å²) >= 11 is 3.56. The first-order valence-corrected chi connectivity index (χ1v) is 10.2. The van der Waals surface area contributed by atoms with Crippen LogP contribution in [0.1, 0.15) is 27.0 Å². The summed E-state index contributed by atoms with van der Waals surface area (Å²) in [4.78, 5) is 24.2. The van der Waals surface area contributed by atoms with Gasteiger partial charge in [-0.25, -0.2) is 4.79 Å². The van der Waals surface area contributed by atoms with Crippen LogP contribution in [0, 0.1) is 11.3 Å². The molecule has 0 atom stereocenters. The lowest BCUT2D eigenvalue weighted by molar-refractivity contribution is -0.112. The van der Waals surface area contributed by atoms with E-state index in [0.717, 1.165) is 21.2 Å². The van der Waals surface area contributed by atoms with Crippen LogP contribution in [0.2, 0.25) is 0 Å². The molecule has 0 saturated carbocycles. The predicted octanol–water partition coefficient (Wildman–Crippen LogP) is 5.37. The summed E-state index contributed by atoms with van der Waals surface area (Å²) in [6, 6.07) is 23.8. The summed E-state index contributed by atoms with van der Waals surface area (Å²) in [5, 5.41) is 12.2. The largest absolute Gasteiger partial charge is 0.465 e. The summed E-state index contributed by atoms with van der Waals surface area (Å²) in [6.45, 7) is 0. The number of hydrogen-bond acceptors (Lipinski definition) is 4. The molecule has 0 aliphatic rings. The molecule has 5 nitrogen and oxygen atoms in total. The van der Waals surface area contributed by atoms with Gasteiger partial charge in [-0.05, 0) is 59.5 Å². The lowest BCUT2D eigenvalue weighted by Gasteiger charge is -2.09. The fourth-order valence-corrected chi connectivity index (χ4v) is 3.42. The fraction of sp³-hybridized carbons (Fsp3) is 0.0800. The molecule has 0 fully saturated rings. The number of nitrogens with one attached hydrogen (secondary N) is 1. The number of methoxy groups -OCH3 is 1. The molecule has 0 radical (unpaired) electrons. The molecule has 0 aliphatic carbocycles. The summed E-state index contributed by atoms with van der Waals surface area (Å²) < 4.78 is 5.66. The second-order valence-electron chi connectivity index (χ2n) is 6.66. The zero-order valence-corrected chi connectivity index (χ0v) is 18.3. The van der Waals surface area contributed by atoms with Gasteiger partial charge in [-0.2, -0.15) is 5.26 Å². The van der Waals surface area contributed by atoms with E-state index >= 15 is 0 Å². The van der Waals surface area contributed by atoms with E-state index in [1.54, 1.807) is 30.3 Å². The van der Waals surface area contributed by atoms with Crippen molar-refractivity contribution in [1.82, 2.24) is 0 Å². The zero-order chi connectivity index (χ0) is 22.2. The van der Waals surface area contributed by atoms with Gasteiger partial charge in [0, 0.05) is 10.2 Å². The first-order chi connectivity index (χ1) is 15.0. The van der Waals surface area contributed by atoms with Gasteiger partial charge >= 0.3 is 5.97 Å². The van der Waals surface area contributed by atoms with Crippen LogP contribution in [0.3, 0.4) is 0 Å². The summed E-state index contributed by atoms with van der Waals surface area (Å²) in [7, 11) is 1.30. The van der Waals surface area contributed by atoms with Crippen LogP contribution in [0.15, 0.2) is 82.8 Å². The summed E-state index contributed by atoms with van der Waals surface area (Å²) in [6.07, 6.45) is 2.24. The maximum absolute atomic E-state index is 12.6. The number of nitrogens with zero attached hydrogens (tertiary/aromatic N) is 1. The van der Waals surface area contributed by atoms with Gasteiger partial charge in [-0.15, -0.1) is 0 Å². The van der Waals surface area contributed by atoms with E-state index in [1.165, 1.54) is 7.11 Å². The van der Waals surface area contributed by atoms with Crippen molar-refractivity contribution in [2.45, 2.75) is 6.42 Å². The van der Waals surface area contributed by atoms with Crippen molar-refractivity contribution in [3.63, 3.8) is 0 Å². The van der Waals surface area contributed by atoms with Crippen LogP contribution in [-0.4, -0.2) is 19.0 Å². The average molecular weight is 475 g/mol. The van der Waals surface area contributed by atoms with E-state index < -0.39 is 11.9 Å². The van der Waals surface area contributed by atoms with E-state index in [4.69, 9.17) is 0 Å². The predicted molar refractivity (Wildman–Crippen MR) is 123 cm³/mol. The van der Waals surface area contributed by atoms with Gasteiger partial charge in [-0.3, -0.25) is 4.79 Å². The van der Waals surface area contributed by atoms with E-state index in [-0.39, 0.29) is 5.57 Å². The molecule has 31 heavy (non-hydrogen) atoms. The molecule has 1 N–H and O–H groups in total. The third kappa shape index (κ3) is 5.68. The number of hydrogen-bond donors (Lipinski definition) is 1. The number of carbonyl (C=O) groups excluding carboxylic acids is 2. The highest BCUT2D eigenvalue weighted by molar-refractivity contribution is 9.10. The highest BCUT2D eigenvalue weighted by atomic mass is 79.9. The normalized spacial score (nSPS) is 10.8. The van der Waals surface area contributed by atoms with Crippen molar-refractivity contribution >= 4 is 39.6 Å². The Morgan fingerprint density at radius 1 is 1.00 bits per heavy atom. The van der Waals surface area contributed by atoms with E-state index in [2.05, 4.69) is 26.0 Å². The van der Waals surface area contributed by atoms with E-state index in [1.807, 2.05) is 54.6 Å². The van der Waals surface area contributed by atoms with Crippen molar-refractivity contribution in [2.24, 2.45) is 0 Å². The Bertz CT molecular complexity index is 1180. The van der Waals surface area contributed by atoms with Crippen LogP contribution in [0.4, 0.5) is 5.69 Å². The lowest BCUT2D eigenvalue weighted by Crippen LogP contribution is -2.13. The van der Waals surface area contributed by atoms with Crippen LogP contribution in [0.25, 0.3) is 6.08 Å². The fourth-order valence-electron chi connectivity index (χ4n) is 2.99. The molecule has 6 heteroatoms. The van der Waals surface area contributed by atoms with Crippen molar-refractivity contribution in [1.29, 1.82) is 5.26 Å². The lowest BCUT2D eigenvalue weighted by atomic mass is 9.98. The number of ether oxygens (including phenoxy) is 1. The summed E-state index contributed by atoms with van der Waals surface area (Å²) in [5.74, 6) is -0.985. The molecule has 0 saturated heterocycles. The van der Waals surface area contributed by atoms with Crippen LogP contribution in [0.5, 0.6) is 0 Å². The van der Waals surface area contributed by atoms with Gasteiger partial charge in [0.1, 0.15) is 11.6 Å². The molecule has 0 unspecified atom stereocenters. The minimum atomic E-state index is -0.524. The molecule has 1 amide bonds. The van der Waals surface area contributed by atoms with Gasteiger partial charge in [0.15, 0.2) is 0 Å². The number of nitriles is 1. The van der Waals surface area contributed by atoms with Gasteiger partial charge in [0.05, 0.1) is 12.7 Å². The molecule has 3 rings (SSSR count). The van der Waals surface area contributed by atoms with Crippen molar-refractivity contribution in [3.8, 4) is 6.07 Å². The number of benzene rings is 3. The molecule has 0 aromatic heterocycles. The van der Waals surface area contributed by atoms with Crippen LogP contribution >= 0.6 is 15.9 Å². The smallest absolute Gasteiger partial charge is 0.337 e. The average Bonchev–Trinajstić information content (AvgIpc) is 2.79. The Morgan fingerprint density at radius 3 is 2.29 bits per heavy atom. The Morgan fingerprint density at radius 2 is 1.65 bits per heavy atom. The van der Waals surface area contributed by atoms with E-state index in [0.29, 0.717) is 17.7 Å². The second kappa shape index (κ2) is 10.4. The maximum atomic E-state index is 12.6. The number of esters is 1. The zero-order valence-electron chi connectivity index (χ0n) is 16.8. The quantitative estimate of drug-likeness (QED) is 0.295. The molecule has 3 aromatic rings. The van der Waals surface area contributed by atoms with Gasteiger partial charge in [-0.1, -0.05) is 58.4 Å². The first-order valence-electron chi connectivity index (χ1n) is 9.44. The Labute approximate surface area is 189 Å². The highest BCUT2D eigenvalue weighted by Crippen LogP contribution is 2.23. The van der Waals surface area contributed by atoms with E-state index in [9.17, 15) is 14.9 Å². The molecule has 154 valence electrons. The minimum Gasteiger partial charge on any atom is -0.465 e. The molecule has 0 spiro atoms. The summed E-state index contributed by atoms with van der Waals surface area (Å²) in [5.41, 5.74) is 3.73. The van der Waals surface area contributed by atoms with Crippen LogP contribution < -0.4 is 5.32 Å². The van der Waals surface area contributed by atoms with Gasteiger partial charge in [0.2, 0.25) is 0 Å². The molecular formula is C25H19BrN2O3. The van der Waals surface area contributed by atoms with Crippen molar-refractivity contribution < 1.29 is 14.3 Å². The third-order valence-corrected chi connectivity index (χ3v) is 5.40. The number of anilines is 1. The number of amides is 1. The molecule has 0 bridgehead atoms.